The number of amides is 2. The maximum Gasteiger partial charge on any atom is 0.335 e. The van der Waals surface area contributed by atoms with Crippen LogP contribution in [0.4, 0.5) is 10.5 Å². The number of hydrogen-bond acceptors (Lipinski definition) is 3. The first-order chi connectivity index (χ1) is 9.64. The normalized spacial score (nSPS) is 10.8. The molecular weight excluding hydrogens is 276 g/mol. The van der Waals surface area contributed by atoms with E-state index in [9.17, 15) is 14.4 Å². The van der Waals surface area contributed by atoms with Gasteiger partial charge in [0.1, 0.15) is 0 Å². The van der Waals surface area contributed by atoms with E-state index in [1.807, 2.05) is 20.8 Å². The number of urea groups is 1. The van der Waals surface area contributed by atoms with Gasteiger partial charge in [-0.05, 0) is 38.5 Å². The Morgan fingerprint density at radius 1 is 1.05 bits per heavy atom. The van der Waals surface area contributed by atoms with Gasteiger partial charge in [-0.2, -0.15) is 0 Å². The summed E-state index contributed by atoms with van der Waals surface area (Å²) in [5.74, 6) is -2.54. The molecule has 0 saturated heterocycles. The number of hydrogen-bond donors (Lipinski definition) is 4. The van der Waals surface area contributed by atoms with Crippen LogP contribution in [0, 0.1) is 0 Å². The molecule has 0 aliphatic heterocycles. The van der Waals surface area contributed by atoms with Crippen molar-refractivity contribution >= 4 is 23.7 Å². The minimum atomic E-state index is -1.27. The Hall–Kier alpha value is -2.57. The van der Waals surface area contributed by atoms with Crippen LogP contribution in [0.2, 0.25) is 0 Å². The molecule has 114 valence electrons. The molecule has 7 heteroatoms. The number of carboxylic acid groups (broad SMARTS) is 2. The van der Waals surface area contributed by atoms with Gasteiger partial charge >= 0.3 is 18.0 Å². The van der Waals surface area contributed by atoms with Gasteiger partial charge < -0.3 is 20.8 Å². The van der Waals surface area contributed by atoms with Crippen LogP contribution in [0.3, 0.4) is 0 Å². The predicted octanol–water partition coefficient (Wildman–Crippen LogP) is 2.39. The number of rotatable bonds is 5. The summed E-state index contributed by atoms with van der Waals surface area (Å²) in [6.07, 6.45) is 0.704. The van der Waals surface area contributed by atoms with Crippen molar-refractivity contribution in [2.45, 2.75) is 32.7 Å². The van der Waals surface area contributed by atoms with Crippen LogP contribution in [0.1, 0.15) is 47.9 Å². The molecule has 0 unspecified atom stereocenters. The maximum absolute atomic E-state index is 11.8. The average Bonchev–Trinajstić information content (AvgIpc) is 2.37. The molecule has 0 spiro atoms. The lowest BCUT2D eigenvalue weighted by molar-refractivity contribution is 0.0696. The molecule has 4 N–H and O–H groups in total. The smallest absolute Gasteiger partial charge is 0.335 e. The van der Waals surface area contributed by atoms with Gasteiger partial charge in [0, 0.05) is 11.2 Å². The van der Waals surface area contributed by atoms with E-state index >= 15 is 0 Å². The standard InChI is InChI=1S/C14H18N2O5/c1-4-14(2,3)16-13(21)15-10-6-8(11(17)18)5-9(7-10)12(19)20/h5-7H,4H2,1-3H3,(H,17,18)(H,19,20)(H2,15,16,21). The molecule has 1 aromatic carbocycles. The number of carboxylic acids is 2. The molecule has 21 heavy (non-hydrogen) atoms. The predicted molar refractivity (Wildman–Crippen MR) is 76.9 cm³/mol. The van der Waals surface area contributed by atoms with Gasteiger partial charge in [0.2, 0.25) is 0 Å². The highest BCUT2D eigenvalue weighted by Gasteiger charge is 2.18. The molecule has 0 aliphatic rings. The van der Waals surface area contributed by atoms with Crippen LogP contribution < -0.4 is 10.6 Å². The maximum atomic E-state index is 11.8. The molecule has 2 amide bonds. The van der Waals surface area contributed by atoms with E-state index in [0.717, 1.165) is 6.07 Å². The monoisotopic (exact) mass is 294 g/mol. The van der Waals surface area contributed by atoms with Crippen molar-refractivity contribution in [2.75, 3.05) is 5.32 Å². The summed E-state index contributed by atoms with van der Waals surface area (Å²) < 4.78 is 0. The lowest BCUT2D eigenvalue weighted by Crippen LogP contribution is -2.45. The zero-order valence-corrected chi connectivity index (χ0v) is 12.1. The summed E-state index contributed by atoms with van der Waals surface area (Å²) in [5, 5.41) is 23.1. The third-order valence-corrected chi connectivity index (χ3v) is 3.02. The molecule has 0 atom stereocenters. The Morgan fingerprint density at radius 3 is 1.90 bits per heavy atom. The molecule has 1 rings (SSSR count). The van der Waals surface area contributed by atoms with Crippen LogP contribution in [0.15, 0.2) is 18.2 Å². The lowest BCUT2D eigenvalue weighted by Gasteiger charge is -2.24. The summed E-state index contributed by atoms with van der Waals surface area (Å²) in [5.41, 5.74) is -0.735. The fourth-order valence-corrected chi connectivity index (χ4v) is 1.50. The number of nitrogens with one attached hydrogen (secondary N) is 2. The van der Waals surface area contributed by atoms with E-state index in [0.29, 0.717) is 6.42 Å². The van der Waals surface area contributed by atoms with Crippen molar-refractivity contribution in [1.29, 1.82) is 0 Å². The first kappa shape index (κ1) is 16.5. The molecule has 1 aromatic rings. The van der Waals surface area contributed by atoms with Crippen molar-refractivity contribution in [3.8, 4) is 0 Å². The van der Waals surface area contributed by atoms with Gasteiger partial charge in [-0.15, -0.1) is 0 Å². The second kappa shape index (κ2) is 6.25. The Bertz CT molecular complexity index is 548. The van der Waals surface area contributed by atoms with Gasteiger partial charge in [-0.1, -0.05) is 6.92 Å². The summed E-state index contributed by atoms with van der Waals surface area (Å²) >= 11 is 0. The van der Waals surface area contributed by atoms with Crippen molar-refractivity contribution in [3.63, 3.8) is 0 Å². The minimum absolute atomic E-state index is 0.108. The summed E-state index contributed by atoms with van der Waals surface area (Å²) in [7, 11) is 0. The molecule has 7 nitrogen and oxygen atoms in total. The molecule has 0 radical (unpaired) electrons. The second-order valence-corrected chi connectivity index (χ2v) is 5.23. The van der Waals surface area contributed by atoms with Gasteiger partial charge in [0.15, 0.2) is 0 Å². The fraction of sp³-hybridized carbons (Fsp3) is 0.357. The molecule has 0 saturated carbocycles. The summed E-state index contributed by atoms with van der Waals surface area (Å²) in [4.78, 5) is 33.8. The second-order valence-electron chi connectivity index (χ2n) is 5.23. The molecule has 0 heterocycles. The zero-order chi connectivity index (χ0) is 16.2. The van der Waals surface area contributed by atoms with E-state index in [-0.39, 0.29) is 16.8 Å². The molecular formula is C14H18N2O5. The Balaban J connectivity index is 3.00. The Labute approximate surface area is 122 Å². The first-order valence-electron chi connectivity index (χ1n) is 6.35. The minimum Gasteiger partial charge on any atom is -0.478 e. The van der Waals surface area contributed by atoms with Gasteiger partial charge in [-0.3, -0.25) is 0 Å². The first-order valence-corrected chi connectivity index (χ1v) is 6.35. The van der Waals surface area contributed by atoms with Crippen LogP contribution in [-0.2, 0) is 0 Å². The van der Waals surface area contributed by atoms with Crippen LogP contribution in [0.25, 0.3) is 0 Å². The van der Waals surface area contributed by atoms with E-state index < -0.39 is 23.5 Å². The van der Waals surface area contributed by atoms with Crippen LogP contribution in [0.5, 0.6) is 0 Å². The summed E-state index contributed by atoms with van der Waals surface area (Å²) in [6, 6.07) is 2.91. The van der Waals surface area contributed by atoms with E-state index in [2.05, 4.69) is 10.6 Å². The highest BCUT2D eigenvalue weighted by atomic mass is 16.4. The topological polar surface area (TPSA) is 116 Å². The highest BCUT2D eigenvalue weighted by molar-refractivity contribution is 5.98. The molecule has 0 fully saturated rings. The van der Waals surface area contributed by atoms with Crippen molar-refractivity contribution in [3.05, 3.63) is 29.3 Å². The SMILES string of the molecule is CCC(C)(C)NC(=O)Nc1cc(C(=O)O)cc(C(=O)O)c1. The number of carbonyl (C=O) groups excluding carboxylic acids is 1. The van der Waals surface area contributed by atoms with Crippen LogP contribution in [-0.4, -0.2) is 33.7 Å². The van der Waals surface area contributed by atoms with Crippen molar-refractivity contribution in [2.24, 2.45) is 0 Å². The quantitative estimate of drug-likeness (QED) is 0.665. The number of anilines is 1. The average molecular weight is 294 g/mol. The fourth-order valence-electron chi connectivity index (χ4n) is 1.50. The number of carbonyl (C=O) groups is 3. The van der Waals surface area contributed by atoms with E-state index in [4.69, 9.17) is 10.2 Å². The third kappa shape index (κ3) is 4.79. The molecule has 0 bridgehead atoms. The van der Waals surface area contributed by atoms with E-state index in [1.165, 1.54) is 12.1 Å². The van der Waals surface area contributed by atoms with Gasteiger partial charge in [-0.25, -0.2) is 14.4 Å². The lowest BCUT2D eigenvalue weighted by atomic mass is 10.0. The Morgan fingerprint density at radius 2 is 1.52 bits per heavy atom. The summed E-state index contributed by atoms with van der Waals surface area (Å²) in [6.45, 7) is 5.58. The largest absolute Gasteiger partial charge is 0.478 e. The van der Waals surface area contributed by atoms with Crippen molar-refractivity contribution < 1.29 is 24.6 Å². The Kier molecular flexibility index (Phi) is 4.91. The molecule has 0 aromatic heterocycles. The third-order valence-electron chi connectivity index (χ3n) is 3.02. The number of benzene rings is 1. The van der Waals surface area contributed by atoms with Gasteiger partial charge in [0.25, 0.3) is 0 Å². The molecule has 0 aliphatic carbocycles. The van der Waals surface area contributed by atoms with Crippen molar-refractivity contribution in [1.82, 2.24) is 5.32 Å². The number of aromatic carboxylic acids is 2. The van der Waals surface area contributed by atoms with E-state index in [1.54, 1.807) is 0 Å². The zero-order valence-electron chi connectivity index (χ0n) is 12.1. The highest BCUT2D eigenvalue weighted by Crippen LogP contribution is 2.16. The van der Waals surface area contributed by atoms with Crippen LogP contribution >= 0.6 is 0 Å². The van der Waals surface area contributed by atoms with Gasteiger partial charge in [0.05, 0.1) is 11.1 Å².